The molecule has 5 nitrogen and oxygen atoms in total. The number of carbonyl (C=O) groups excluding carboxylic acids is 1. The zero-order valence-electron chi connectivity index (χ0n) is 18.0. The molecule has 0 bridgehead atoms. The summed E-state index contributed by atoms with van der Waals surface area (Å²) in [7, 11) is 5.19. The lowest BCUT2D eigenvalue weighted by molar-refractivity contribution is -0.122. The van der Waals surface area contributed by atoms with Gasteiger partial charge in [0.2, 0.25) is 5.91 Å². The highest BCUT2D eigenvalue weighted by Gasteiger charge is 2.16. The van der Waals surface area contributed by atoms with Gasteiger partial charge in [0.05, 0.1) is 26.8 Å². The van der Waals surface area contributed by atoms with Gasteiger partial charge in [0.1, 0.15) is 0 Å². The van der Waals surface area contributed by atoms with Crippen LogP contribution in [0.25, 0.3) is 0 Å². The third kappa shape index (κ3) is 5.30. The predicted octanol–water partition coefficient (Wildman–Crippen LogP) is 3.89. The molecule has 0 saturated carbocycles. The van der Waals surface area contributed by atoms with E-state index in [-0.39, 0.29) is 11.9 Å². The first-order chi connectivity index (χ1) is 14.0. The maximum absolute atomic E-state index is 12.6. The fourth-order valence-corrected chi connectivity index (χ4v) is 4.06. The second-order valence-corrected chi connectivity index (χ2v) is 7.85. The topological polar surface area (TPSA) is 50.8 Å². The van der Waals surface area contributed by atoms with Gasteiger partial charge in [0, 0.05) is 12.1 Å². The van der Waals surface area contributed by atoms with Crippen LogP contribution in [-0.2, 0) is 24.2 Å². The Morgan fingerprint density at radius 2 is 1.86 bits per heavy atom. The van der Waals surface area contributed by atoms with Crippen molar-refractivity contribution < 1.29 is 14.3 Å². The van der Waals surface area contributed by atoms with E-state index in [9.17, 15) is 4.79 Å². The van der Waals surface area contributed by atoms with E-state index < -0.39 is 0 Å². The van der Waals surface area contributed by atoms with Crippen molar-refractivity contribution >= 4 is 5.91 Å². The maximum Gasteiger partial charge on any atom is 0.234 e. The highest BCUT2D eigenvalue weighted by atomic mass is 16.5. The summed E-state index contributed by atoms with van der Waals surface area (Å²) in [6.07, 6.45) is 4.86. The van der Waals surface area contributed by atoms with Crippen LogP contribution in [0.1, 0.15) is 48.1 Å². The van der Waals surface area contributed by atoms with Crippen LogP contribution in [0.15, 0.2) is 36.4 Å². The number of aryl methyl sites for hydroxylation is 2. The predicted molar refractivity (Wildman–Crippen MR) is 116 cm³/mol. The number of hydrogen-bond donors (Lipinski definition) is 1. The number of benzene rings is 2. The standard InChI is InChI=1S/C24H32N2O3/c1-17(19-13-12-18-8-5-6-9-20(18)14-19)25-23(27)16-26(2)15-21-10-7-11-22(28-3)24(21)29-4/h7,10-14,17H,5-6,8-9,15-16H2,1-4H3,(H,25,27)/t17-/m0/s1. The van der Waals surface area contributed by atoms with Gasteiger partial charge in [-0.3, -0.25) is 9.69 Å². The zero-order chi connectivity index (χ0) is 20.8. The summed E-state index contributed by atoms with van der Waals surface area (Å²) in [5.74, 6) is 1.42. The summed E-state index contributed by atoms with van der Waals surface area (Å²) in [6, 6.07) is 12.4. The molecule has 1 aliphatic carbocycles. The van der Waals surface area contributed by atoms with Crippen LogP contribution < -0.4 is 14.8 Å². The molecule has 0 radical (unpaired) electrons. The molecule has 3 rings (SSSR count). The van der Waals surface area contributed by atoms with Crippen molar-refractivity contribution in [3.63, 3.8) is 0 Å². The van der Waals surface area contributed by atoms with E-state index >= 15 is 0 Å². The summed E-state index contributed by atoms with van der Waals surface area (Å²) in [4.78, 5) is 14.6. The Kier molecular flexibility index (Phi) is 7.15. The van der Waals surface area contributed by atoms with Crippen LogP contribution in [0.4, 0.5) is 0 Å². The van der Waals surface area contributed by atoms with Gasteiger partial charge in [-0.25, -0.2) is 0 Å². The molecule has 0 unspecified atom stereocenters. The molecule has 0 heterocycles. The van der Waals surface area contributed by atoms with E-state index in [4.69, 9.17) is 9.47 Å². The molecular formula is C24H32N2O3. The first-order valence-electron chi connectivity index (χ1n) is 10.3. The fraction of sp³-hybridized carbons (Fsp3) is 0.458. The van der Waals surface area contributed by atoms with Gasteiger partial charge in [-0.05, 0) is 62.4 Å². The molecule has 1 amide bonds. The quantitative estimate of drug-likeness (QED) is 0.735. The molecular weight excluding hydrogens is 364 g/mol. The van der Waals surface area contributed by atoms with Crippen LogP contribution in [0.2, 0.25) is 0 Å². The van der Waals surface area contributed by atoms with Gasteiger partial charge >= 0.3 is 0 Å². The van der Waals surface area contributed by atoms with Crippen LogP contribution in [0, 0.1) is 0 Å². The van der Waals surface area contributed by atoms with Crippen LogP contribution in [-0.4, -0.2) is 38.6 Å². The molecule has 0 spiro atoms. The lowest BCUT2D eigenvalue weighted by Crippen LogP contribution is -2.36. The van der Waals surface area contributed by atoms with E-state index in [1.807, 2.05) is 37.1 Å². The molecule has 0 saturated heterocycles. The van der Waals surface area contributed by atoms with E-state index in [0.717, 1.165) is 12.0 Å². The minimum atomic E-state index is -0.00511. The molecule has 1 aliphatic rings. The van der Waals surface area contributed by atoms with Crippen molar-refractivity contribution in [2.75, 3.05) is 27.8 Å². The second-order valence-electron chi connectivity index (χ2n) is 7.85. The average molecular weight is 397 g/mol. The van der Waals surface area contributed by atoms with Gasteiger partial charge in [0.15, 0.2) is 11.5 Å². The summed E-state index contributed by atoms with van der Waals surface area (Å²) in [6.45, 7) is 2.96. The van der Waals surface area contributed by atoms with Crippen LogP contribution in [0.5, 0.6) is 11.5 Å². The van der Waals surface area contributed by atoms with Gasteiger partial charge in [-0.1, -0.05) is 30.3 Å². The summed E-state index contributed by atoms with van der Waals surface area (Å²) < 4.78 is 10.8. The number of nitrogens with one attached hydrogen (secondary N) is 1. The van der Waals surface area contributed by atoms with Crippen molar-refractivity contribution in [3.8, 4) is 11.5 Å². The van der Waals surface area contributed by atoms with Crippen LogP contribution >= 0.6 is 0 Å². The van der Waals surface area contributed by atoms with E-state index in [0.29, 0.717) is 24.6 Å². The molecule has 0 aliphatic heterocycles. The van der Waals surface area contributed by atoms with E-state index in [2.05, 4.69) is 23.5 Å². The van der Waals surface area contributed by atoms with Crippen molar-refractivity contribution in [2.45, 2.75) is 45.2 Å². The molecule has 1 N–H and O–H groups in total. The highest BCUT2D eigenvalue weighted by molar-refractivity contribution is 5.78. The number of fused-ring (bicyclic) bond motifs is 1. The Morgan fingerprint density at radius 3 is 2.59 bits per heavy atom. The molecule has 0 fully saturated rings. The third-order valence-electron chi connectivity index (χ3n) is 5.59. The van der Waals surface area contributed by atoms with Crippen LogP contribution in [0.3, 0.4) is 0 Å². The van der Waals surface area contributed by atoms with Crippen molar-refractivity contribution in [1.29, 1.82) is 0 Å². The first kappa shape index (κ1) is 21.2. The molecule has 2 aromatic rings. The Balaban J connectivity index is 1.58. The number of rotatable bonds is 8. The Labute approximate surface area is 174 Å². The lowest BCUT2D eigenvalue weighted by atomic mass is 9.89. The minimum Gasteiger partial charge on any atom is -0.493 e. The van der Waals surface area contributed by atoms with Gasteiger partial charge in [0.25, 0.3) is 0 Å². The third-order valence-corrected chi connectivity index (χ3v) is 5.59. The summed E-state index contributed by atoms with van der Waals surface area (Å²) >= 11 is 0. The Bertz CT molecular complexity index is 850. The number of para-hydroxylation sites is 1. The molecule has 156 valence electrons. The SMILES string of the molecule is COc1cccc(CN(C)CC(=O)N[C@@H](C)c2ccc3c(c2)CCCC3)c1OC. The smallest absolute Gasteiger partial charge is 0.234 e. The fourth-order valence-electron chi connectivity index (χ4n) is 4.06. The highest BCUT2D eigenvalue weighted by Crippen LogP contribution is 2.31. The Morgan fingerprint density at radius 1 is 1.10 bits per heavy atom. The summed E-state index contributed by atoms with van der Waals surface area (Å²) in [5.41, 5.74) is 5.07. The van der Waals surface area contributed by atoms with Gasteiger partial charge in [-0.2, -0.15) is 0 Å². The number of methoxy groups -OCH3 is 2. The molecule has 5 heteroatoms. The number of nitrogens with zero attached hydrogens (tertiary/aromatic N) is 1. The normalized spacial score (nSPS) is 14.2. The first-order valence-corrected chi connectivity index (χ1v) is 10.3. The monoisotopic (exact) mass is 396 g/mol. The number of carbonyl (C=O) groups is 1. The van der Waals surface area contributed by atoms with E-state index in [1.54, 1.807) is 14.2 Å². The number of amides is 1. The lowest BCUT2D eigenvalue weighted by Gasteiger charge is -2.22. The van der Waals surface area contributed by atoms with Crippen molar-refractivity contribution in [2.24, 2.45) is 0 Å². The van der Waals surface area contributed by atoms with Crippen molar-refractivity contribution in [3.05, 3.63) is 58.7 Å². The Hall–Kier alpha value is -2.53. The molecule has 1 atom stereocenters. The molecule has 2 aromatic carbocycles. The number of ether oxygens (including phenoxy) is 2. The molecule has 29 heavy (non-hydrogen) atoms. The summed E-state index contributed by atoms with van der Waals surface area (Å²) in [5, 5.41) is 3.13. The number of likely N-dealkylation sites (N-methyl/N-ethyl adjacent to an activating group) is 1. The van der Waals surface area contributed by atoms with Gasteiger partial charge in [-0.15, -0.1) is 0 Å². The number of hydrogen-bond acceptors (Lipinski definition) is 4. The zero-order valence-corrected chi connectivity index (χ0v) is 18.0. The maximum atomic E-state index is 12.6. The molecule has 0 aromatic heterocycles. The second kappa shape index (κ2) is 9.79. The average Bonchev–Trinajstić information content (AvgIpc) is 2.72. The minimum absolute atomic E-state index is 0.00511. The van der Waals surface area contributed by atoms with E-state index in [1.165, 1.54) is 36.0 Å². The van der Waals surface area contributed by atoms with Crippen molar-refractivity contribution in [1.82, 2.24) is 10.2 Å². The largest absolute Gasteiger partial charge is 0.493 e. The van der Waals surface area contributed by atoms with Gasteiger partial charge < -0.3 is 14.8 Å².